The monoisotopic (exact) mass is 221 g/mol. The Morgan fingerprint density at radius 3 is 3.12 bits per heavy atom. The van der Waals surface area contributed by atoms with Crippen LogP contribution in [0.4, 0.5) is 0 Å². The number of rotatable bonds is 3. The first-order valence-corrected chi connectivity index (χ1v) is 5.40. The second-order valence-electron chi connectivity index (χ2n) is 3.84. The van der Waals surface area contributed by atoms with Crippen molar-refractivity contribution in [1.29, 1.82) is 0 Å². The average molecular weight is 221 g/mol. The van der Waals surface area contributed by atoms with Crippen molar-refractivity contribution >= 4 is 5.78 Å². The molecule has 0 amide bonds. The number of aromatic nitrogens is 1. The van der Waals surface area contributed by atoms with Gasteiger partial charge in [0.05, 0.1) is 31.9 Å². The topological polar surface area (TPSA) is 48.4 Å². The van der Waals surface area contributed by atoms with E-state index in [1.54, 1.807) is 6.20 Å². The summed E-state index contributed by atoms with van der Waals surface area (Å²) in [7, 11) is 0. The van der Waals surface area contributed by atoms with E-state index in [4.69, 9.17) is 9.47 Å². The van der Waals surface area contributed by atoms with Crippen molar-refractivity contribution in [3.63, 3.8) is 0 Å². The van der Waals surface area contributed by atoms with Gasteiger partial charge in [-0.25, -0.2) is 0 Å². The van der Waals surface area contributed by atoms with E-state index in [0.717, 1.165) is 11.3 Å². The lowest BCUT2D eigenvalue weighted by molar-refractivity contribution is -0.144. The highest BCUT2D eigenvalue weighted by atomic mass is 16.6. The minimum absolute atomic E-state index is 0.0431. The van der Waals surface area contributed by atoms with Gasteiger partial charge in [0.1, 0.15) is 6.10 Å². The second-order valence-corrected chi connectivity index (χ2v) is 3.84. The van der Waals surface area contributed by atoms with Gasteiger partial charge in [-0.3, -0.25) is 9.78 Å². The lowest BCUT2D eigenvalue weighted by atomic mass is 10.1. The summed E-state index contributed by atoms with van der Waals surface area (Å²) in [5.41, 5.74) is 1.86. The highest BCUT2D eigenvalue weighted by molar-refractivity contribution is 5.85. The Balaban J connectivity index is 1.99. The molecule has 0 aromatic carbocycles. The first kappa shape index (κ1) is 11.2. The van der Waals surface area contributed by atoms with Crippen LogP contribution in [0.25, 0.3) is 0 Å². The molecule has 0 bridgehead atoms. The number of nitrogens with zero attached hydrogens (tertiary/aromatic N) is 1. The van der Waals surface area contributed by atoms with Crippen molar-refractivity contribution in [2.24, 2.45) is 0 Å². The lowest BCUT2D eigenvalue weighted by Crippen LogP contribution is -2.36. The molecule has 0 radical (unpaired) electrons. The number of pyridine rings is 1. The third-order valence-corrected chi connectivity index (χ3v) is 2.63. The summed E-state index contributed by atoms with van der Waals surface area (Å²) < 4.78 is 10.6. The molecule has 2 heterocycles. The Bertz CT molecular complexity index is 372. The summed E-state index contributed by atoms with van der Waals surface area (Å²) in [6.07, 6.45) is 1.60. The van der Waals surface area contributed by atoms with Crippen LogP contribution in [-0.2, 0) is 20.7 Å². The van der Waals surface area contributed by atoms with Crippen LogP contribution in [-0.4, -0.2) is 36.7 Å². The highest BCUT2D eigenvalue weighted by Gasteiger charge is 2.23. The van der Waals surface area contributed by atoms with E-state index < -0.39 is 6.10 Å². The molecule has 0 N–H and O–H groups in total. The fraction of sp³-hybridized carbons (Fsp3) is 0.500. The molecule has 86 valence electrons. The molecule has 4 nitrogen and oxygen atoms in total. The Morgan fingerprint density at radius 1 is 1.56 bits per heavy atom. The Labute approximate surface area is 94.6 Å². The van der Waals surface area contributed by atoms with Gasteiger partial charge in [-0.2, -0.15) is 0 Å². The van der Waals surface area contributed by atoms with Crippen molar-refractivity contribution in [1.82, 2.24) is 4.98 Å². The van der Waals surface area contributed by atoms with E-state index in [1.807, 2.05) is 19.1 Å². The summed E-state index contributed by atoms with van der Waals surface area (Å²) >= 11 is 0. The number of ether oxygens (including phenoxy) is 2. The fourth-order valence-corrected chi connectivity index (χ4v) is 1.66. The molecule has 1 atom stereocenters. The highest BCUT2D eigenvalue weighted by Crippen LogP contribution is 2.09. The van der Waals surface area contributed by atoms with E-state index in [-0.39, 0.29) is 5.78 Å². The van der Waals surface area contributed by atoms with Crippen LogP contribution in [0.5, 0.6) is 0 Å². The standard InChI is InChI=1S/C12H15NO3/c1-9-3-2-4-13-10(9)7-11(14)12-8-15-5-6-16-12/h2-4,12H,5-8H2,1H3. The normalized spacial score (nSPS) is 20.7. The number of Topliss-reactive ketones (excluding diaryl/α,β-unsaturated/α-hetero) is 1. The molecule has 1 aliphatic rings. The van der Waals surface area contributed by atoms with Gasteiger partial charge in [0, 0.05) is 6.20 Å². The first-order chi connectivity index (χ1) is 7.77. The summed E-state index contributed by atoms with van der Waals surface area (Å²) in [4.78, 5) is 16.1. The molecule has 2 rings (SSSR count). The van der Waals surface area contributed by atoms with Gasteiger partial charge in [0.2, 0.25) is 0 Å². The summed E-state index contributed by atoms with van der Waals surface area (Å²) in [6.45, 7) is 3.39. The Kier molecular flexibility index (Phi) is 3.64. The van der Waals surface area contributed by atoms with Crippen molar-refractivity contribution < 1.29 is 14.3 Å². The minimum atomic E-state index is -0.421. The molecule has 1 aliphatic heterocycles. The number of carbonyl (C=O) groups excluding carboxylic acids is 1. The molecule has 0 saturated carbocycles. The number of hydrogen-bond donors (Lipinski definition) is 0. The minimum Gasteiger partial charge on any atom is -0.376 e. The quantitative estimate of drug-likeness (QED) is 0.761. The molecule has 1 saturated heterocycles. The molecular formula is C12H15NO3. The summed E-state index contributed by atoms with van der Waals surface area (Å²) in [5.74, 6) is 0.0431. The van der Waals surface area contributed by atoms with Gasteiger partial charge in [-0.15, -0.1) is 0 Å². The van der Waals surface area contributed by atoms with Crippen molar-refractivity contribution in [3.8, 4) is 0 Å². The zero-order valence-electron chi connectivity index (χ0n) is 9.31. The van der Waals surface area contributed by atoms with Crippen molar-refractivity contribution in [2.75, 3.05) is 19.8 Å². The summed E-state index contributed by atoms with van der Waals surface area (Å²) in [6, 6.07) is 3.82. The van der Waals surface area contributed by atoms with Gasteiger partial charge in [-0.05, 0) is 18.6 Å². The smallest absolute Gasteiger partial charge is 0.169 e. The molecule has 16 heavy (non-hydrogen) atoms. The molecular weight excluding hydrogens is 206 g/mol. The average Bonchev–Trinajstić information content (AvgIpc) is 2.33. The van der Waals surface area contributed by atoms with Gasteiger partial charge < -0.3 is 9.47 Å². The van der Waals surface area contributed by atoms with Gasteiger partial charge in [-0.1, -0.05) is 6.07 Å². The van der Waals surface area contributed by atoms with Crippen LogP contribution in [0.2, 0.25) is 0 Å². The molecule has 1 aromatic rings. The predicted octanol–water partition coefficient (Wildman–Crippen LogP) is 0.917. The van der Waals surface area contributed by atoms with Crippen LogP contribution in [0.15, 0.2) is 18.3 Å². The first-order valence-electron chi connectivity index (χ1n) is 5.40. The van der Waals surface area contributed by atoms with E-state index >= 15 is 0 Å². The zero-order chi connectivity index (χ0) is 11.4. The van der Waals surface area contributed by atoms with Crippen LogP contribution in [0.3, 0.4) is 0 Å². The lowest BCUT2D eigenvalue weighted by Gasteiger charge is -2.21. The number of hydrogen-bond acceptors (Lipinski definition) is 4. The van der Waals surface area contributed by atoms with E-state index in [9.17, 15) is 4.79 Å². The number of carbonyl (C=O) groups is 1. The van der Waals surface area contributed by atoms with Gasteiger partial charge in [0.15, 0.2) is 5.78 Å². The third kappa shape index (κ3) is 2.65. The van der Waals surface area contributed by atoms with Crippen LogP contribution >= 0.6 is 0 Å². The van der Waals surface area contributed by atoms with Crippen molar-refractivity contribution in [2.45, 2.75) is 19.4 Å². The zero-order valence-corrected chi connectivity index (χ0v) is 9.31. The molecule has 4 heteroatoms. The van der Waals surface area contributed by atoms with Crippen LogP contribution < -0.4 is 0 Å². The maximum Gasteiger partial charge on any atom is 0.169 e. The molecule has 1 aromatic heterocycles. The Morgan fingerprint density at radius 2 is 2.44 bits per heavy atom. The maximum atomic E-state index is 11.9. The van der Waals surface area contributed by atoms with E-state index in [1.165, 1.54) is 0 Å². The van der Waals surface area contributed by atoms with E-state index in [2.05, 4.69) is 4.98 Å². The molecule has 1 fully saturated rings. The third-order valence-electron chi connectivity index (χ3n) is 2.63. The molecule has 0 aliphatic carbocycles. The SMILES string of the molecule is Cc1cccnc1CC(=O)C1COCCO1. The maximum absolute atomic E-state index is 11.9. The predicted molar refractivity (Wildman–Crippen MR) is 58.2 cm³/mol. The van der Waals surface area contributed by atoms with Crippen molar-refractivity contribution in [3.05, 3.63) is 29.6 Å². The number of ketones is 1. The van der Waals surface area contributed by atoms with Crippen LogP contribution in [0.1, 0.15) is 11.3 Å². The molecule has 0 spiro atoms. The van der Waals surface area contributed by atoms with Gasteiger partial charge >= 0.3 is 0 Å². The Hall–Kier alpha value is -1.26. The van der Waals surface area contributed by atoms with Crippen LogP contribution in [0, 0.1) is 6.92 Å². The van der Waals surface area contributed by atoms with Gasteiger partial charge in [0.25, 0.3) is 0 Å². The largest absolute Gasteiger partial charge is 0.376 e. The summed E-state index contributed by atoms with van der Waals surface area (Å²) in [5, 5.41) is 0. The molecule has 1 unspecified atom stereocenters. The van der Waals surface area contributed by atoms with E-state index in [0.29, 0.717) is 26.2 Å². The number of aryl methyl sites for hydroxylation is 1. The second kappa shape index (κ2) is 5.18. The fourth-order valence-electron chi connectivity index (χ4n) is 1.66.